The van der Waals surface area contributed by atoms with Crippen molar-refractivity contribution in [3.8, 4) is 0 Å². The Bertz CT molecular complexity index is 640. The van der Waals surface area contributed by atoms with Crippen molar-refractivity contribution in [2.24, 2.45) is 0 Å². The van der Waals surface area contributed by atoms with E-state index in [1.54, 1.807) is 15.9 Å². The maximum Gasteiger partial charge on any atom is 0.251 e. The van der Waals surface area contributed by atoms with Gasteiger partial charge >= 0.3 is 0 Å². The van der Waals surface area contributed by atoms with Crippen LogP contribution in [-0.4, -0.2) is 66.4 Å². The highest BCUT2D eigenvalue weighted by Crippen LogP contribution is 2.18. The summed E-state index contributed by atoms with van der Waals surface area (Å²) in [6.07, 6.45) is -1.83. The smallest absolute Gasteiger partial charge is 0.251 e. The molecule has 0 aliphatic carbocycles. The van der Waals surface area contributed by atoms with Crippen LogP contribution in [0.25, 0.3) is 0 Å². The van der Waals surface area contributed by atoms with E-state index in [4.69, 9.17) is 0 Å². The number of aryl methyl sites for hydroxylation is 1. The first kappa shape index (κ1) is 20.6. The number of thiophene rings is 1. The summed E-state index contributed by atoms with van der Waals surface area (Å²) in [7, 11) is 0. The molecule has 2 rings (SSSR count). The number of halogens is 2. The molecule has 1 saturated heterocycles. The van der Waals surface area contributed by atoms with Gasteiger partial charge < -0.3 is 4.90 Å². The minimum absolute atomic E-state index is 0.0436. The molecule has 0 aromatic carbocycles. The Morgan fingerprint density at radius 1 is 1.04 bits per heavy atom. The van der Waals surface area contributed by atoms with E-state index in [9.17, 15) is 23.2 Å². The number of rotatable bonds is 9. The van der Waals surface area contributed by atoms with Crippen LogP contribution in [0, 0.1) is 6.92 Å². The van der Waals surface area contributed by atoms with Gasteiger partial charge in [0.1, 0.15) is 5.78 Å². The molecule has 0 unspecified atom stereocenters. The normalized spacial score (nSPS) is 15.5. The molecule has 0 spiro atoms. The zero-order chi connectivity index (χ0) is 19.1. The summed E-state index contributed by atoms with van der Waals surface area (Å²) in [4.78, 5) is 41.0. The van der Waals surface area contributed by atoms with Crippen LogP contribution in [0.1, 0.15) is 40.2 Å². The third-order valence-corrected chi connectivity index (χ3v) is 5.43. The largest absolute Gasteiger partial charge is 0.340 e. The lowest BCUT2D eigenvalue weighted by atomic mass is 10.1. The Morgan fingerprint density at radius 3 is 2.27 bits per heavy atom. The zero-order valence-corrected chi connectivity index (χ0v) is 15.7. The van der Waals surface area contributed by atoms with Crippen LogP contribution in [0.5, 0.6) is 0 Å². The summed E-state index contributed by atoms with van der Waals surface area (Å²) in [5, 5.41) is 0. The fraction of sp³-hybridized carbons (Fsp3) is 0.611. The molecule has 0 N–H and O–H groups in total. The summed E-state index contributed by atoms with van der Waals surface area (Å²) >= 11 is 1.42. The number of carbonyl (C=O) groups is 3. The molecule has 0 saturated carbocycles. The summed E-state index contributed by atoms with van der Waals surface area (Å²) in [5.74, 6) is -0.274. The molecule has 1 aromatic rings. The van der Waals surface area contributed by atoms with E-state index in [-0.39, 0.29) is 49.7 Å². The minimum Gasteiger partial charge on any atom is -0.340 e. The first-order valence-electron chi connectivity index (χ1n) is 8.74. The molecular weight excluding hydrogens is 362 g/mol. The monoisotopic (exact) mass is 386 g/mol. The van der Waals surface area contributed by atoms with Crippen molar-refractivity contribution in [2.45, 2.75) is 39.0 Å². The van der Waals surface area contributed by atoms with Crippen LogP contribution in [0.15, 0.2) is 12.1 Å². The number of amides is 1. The highest BCUT2D eigenvalue weighted by molar-refractivity contribution is 7.14. The topological polar surface area (TPSA) is 57.7 Å². The van der Waals surface area contributed by atoms with E-state index >= 15 is 0 Å². The predicted octanol–water partition coefficient (Wildman–Crippen LogP) is 2.78. The fourth-order valence-electron chi connectivity index (χ4n) is 2.87. The van der Waals surface area contributed by atoms with Crippen LogP contribution in [0.4, 0.5) is 8.78 Å². The first-order chi connectivity index (χ1) is 12.3. The molecule has 0 bridgehead atoms. The number of piperazine rings is 1. The van der Waals surface area contributed by atoms with Gasteiger partial charge in [-0.3, -0.25) is 19.3 Å². The Morgan fingerprint density at radius 2 is 1.69 bits per heavy atom. The molecule has 0 atom stereocenters. The maximum absolute atomic E-state index is 12.3. The van der Waals surface area contributed by atoms with Crippen LogP contribution in [0.3, 0.4) is 0 Å². The van der Waals surface area contributed by atoms with Gasteiger partial charge in [0.25, 0.3) is 6.43 Å². The molecule has 144 valence electrons. The van der Waals surface area contributed by atoms with Crippen molar-refractivity contribution in [1.29, 1.82) is 0 Å². The van der Waals surface area contributed by atoms with Crippen LogP contribution >= 0.6 is 11.3 Å². The second-order valence-corrected chi connectivity index (χ2v) is 7.73. The van der Waals surface area contributed by atoms with Crippen LogP contribution < -0.4 is 0 Å². The third kappa shape index (κ3) is 6.57. The number of ketones is 2. The molecule has 5 nitrogen and oxygen atoms in total. The molecule has 1 fully saturated rings. The number of hydrogen-bond acceptors (Lipinski definition) is 5. The molecule has 2 heterocycles. The summed E-state index contributed by atoms with van der Waals surface area (Å²) < 4.78 is 24.7. The second kappa shape index (κ2) is 9.87. The van der Waals surface area contributed by atoms with Crippen molar-refractivity contribution in [2.75, 3.05) is 32.7 Å². The van der Waals surface area contributed by atoms with Gasteiger partial charge in [-0.2, -0.15) is 0 Å². The Kier molecular flexibility index (Phi) is 7.84. The number of carbonyl (C=O) groups excluding carboxylic acids is 3. The lowest BCUT2D eigenvalue weighted by Crippen LogP contribution is -2.49. The number of alkyl halides is 2. The van der Waals surface area contributed by atoms with Gasteiger partial charge in [-0.15, -0.1) is 11.3 Å². The molecule has 1 aliphatic rings. The van der Waals surface area contributed by atoms with Gasteiger partial charge in [0.05, 0.1) is 11.4 Å². The summed E-state index contributed by atoms with van der Waals surface area (Å²) in [5.41, 5.74) is 0. The van der Waals surface area contributed by atoms with Crippen LogP contribution in [0.2, 0.25) is 0 Å². The van der Waals surface area contributed by atoms with Gasteiger partial charge in [-0.05, 0) is 19.1 Å². The van der Waals surface area contributed by atoms with Gasteiger partial charge in [-0.1, -0.05) is 0 Å². The van der Waals surface area contributed by atoms with Gasteiger partial charge in [-0.25, -0.2) is 8.78 Å². The van der Waals surface area contributed by atoms with E-state index < -0.39 is 6.43 Å². The lowest BCUT2D eigenvalue weighted by Gasteiger charge is -2.34. The van der Waals surface area contributed by atoms with Gasteiger partial charge in [0.15, 0.2) is 5.78 Å². The molecule has 1 aliphatic heterocycles. The summed E-state index contributed by atoms with van der Waals surface area (Å²) in [6, 6.07) is 3.64. The quantitative estimate of drug-likeness (QED) is 0.613. The molecule has 26 heavy (non-hydrogen) atoms. The van der Waals surface area contributed by atoms with E-state index in [2.05, 4.69) is 0 Å². The van der Waals surface area contributed by atoms with Gasteiger partial charge in [0.2, 0.25) is 5.91 Å². The number of nitrogens with zero attached hydrogens (tertiary/aromatic N) is 2. The first-order valence-corrected chi connectivity index (χ1v) is 9.56. The molecule has 8 heteroatoms. The second-order valence-electron chi connectivity index (χ2n) is 6.44. The lowest BCUT2D eigenvalue weighted by molar-refractivity contribution is -0.135. The van der Waals surface area contributed by atoms with Crippen molar-refractivity contribution in [3.63, 3.8) is 0 Å². The highest BCUT2D eigenvalue weighted by atomic mass is 32.1. The number of hydrogen-bond donors (Lipinski definition) is 0. The molecule has 1 amide bonds. The molecule has 0 radical (unpaired) electrons. The average molecular weight is 386 g/mol. The highest BCUT2D eigenvalue weighted by Gasteiger charge is 2.23. The van der Waals surface area contributed by atoms with E-state index in [0.717, 1.165) is 4.88 Å². The predicted molar refractivity (Wildman–Crippen MR) is 95.9 cm³/mol. The van der Waals surface area contributed by atoms with Crippen molar-refractivity contribution in [3.05, 3.63) is 21.9 Å². The third-order valence-electron chi connectivity index (χ3n) is 4.38. The average Bonchev–Trinajstić information content (AvgIpc) is 3.04. The van der Waals surface area contributed by atoms with E-state index in [0.29, 0.717) is 31.1 Å². The van der Waals surface area contributed by atoms with E-state index in [1.807, 2.05) is 13.0 Å². The zero-order valence-electron chi connectivity index (χ0n) is 14.9. The number of Topliss-reactive ketones (excluding diaryl/α,β-unsaturated/α-hetero) is 2. The van der Waals surface area contributed by atoms with Crippen molar-refractivity contribution < 1.29 is 23.2 Å². The SMILES string of the molecule is Cc1ccc(C(=O)CCC(=O)CCC(=O)N2CCN(CC(F)F)CC2)s1. The standard InChI is InChI=1S/C18H24F2N2O3S/c1-13-2-6-16(26-13)15(24)5-3-14(23)4-7-18(25)22-10-8-21(9-11-22)12-17(19)20/h2,6,17H,3-5,7-12H2,1H3. The molecular formula is C18H24F2N2O3S. The Balaban J connectivity index is 1.64. The minimum atomic E-state index is -2.37. The summed E-state index contributed by atoms with van der Waals surface area (Å²) in [6.45, 7) is 3.34. The van der Waals surface area contributed by atoms with Crippen LogP contribution in [-0.2, 0) is 9.59 Å². The fourth-order valence-corrected chi connectivity index (χ4v) is 3.70. The van der Waals surface area contributed by atoms with Gasteiger partial charge in [0, 0.05) is 56.7 Å². The van der Waals surface area contributed by atoms with E-state index in [1.165, 1.54) is 11.3 Å². The Labute approximate surface area is 156 Å². The van der Waals surface area contributed by atoms with Crippen molar-refractivity contribution >= 4 is 28.8 Å². The Hall–Kier alpha value is -1.67. The molecule has 1 aromatic heterocycles. The maximum atomic E-state index is 12.3. The van der Waals surface area contributed by atoms with Crippen molar-refractivity contribution in [1.82, 2.24) is 9.80 Å².